The monoisotopic (exact) mass is 380 g/mol. The second-order valence-electron chi connectivity index (χ2n) is 7.85. The van der Waals surface area contributed by atoms with E-state index in [4.69, 9.17) is 10.5 Å². The summed E-state index contributed by atoms with van der Waals surface area (Å²) in [6, 6.07) is 10.1. The van der Waals surface area contributed by atoms with Crippen LogP contribution in [0.2, 0.25) is 0 Å². The van der Waals surface area contributed by atoms with Crippen LogP contribution in [-0.4, -0.2) is 40.3 Å². The zero-order valence-electron chi connectivity index (χ0n) is 16.4. The number of rotatable bonds is 3. The molecule has 1 fully saturated rings. The molecule has 146 valence electrons. The van der Waals surface area contributed by atoms with E-state index in [1.807, 2.05) is 65.0 Å². The van der Waals surface area contributed by atoms with E-state index in [0.29, 0.717) is 13.0 Å². The van der Waals surface area contributed by atoms with E-state index in [0.717, 1.165) is 12.0 Å². The molecule has 0 aliphatic carbocycles. The first-order valence-electron chi connectivity index (χ1n) is 9.00. The molecule has 1 aliphatic heterocycles. The van der Waals surface area contributed by atoms with Gasteiger partial charge in [-0.2, -0.15) is 12.6 Å². The Morgan fingerprint density at radius 1 is 1.31 bits per heavy atom. The van der Waals surface area contributed by atoms with Gasteiger partial charge in [-0.15, -0.1) is 0 Å². The largest absolute Gasteiger partial charge is 0.444 e. The maximum atomic E-state index is 11.7. The predicted octanol–water partition coefficient (Wildman–Crippen LogP) is 3.98. The highest BCUT2D eigenvalue weighted by Crippen LogP contribution is 2.23. The van der Waals surface area contributed by atoms with Crippen LogP contribution in [0.4, 0.5) is 4.79 Å². The lowest BCUT2D eigenvalue weighted by molar-refractivity contribution is -0.118. The molecule has 3 atom stereocenters. The minimum atomic E-state index is -0.411. The number of amides is 2. The van der Waals surface area contributed by atoms with Crippen LogP contribution in [0.3, 0.4) is 0 Å². The lowest BCUT2D eigenvalue weighted by Gasteiger charge is -2.26. The van der Waals surface area contributed by atoms with Crippen molar-refractivity contribution in [1.29, 1.82) is 0 Å². The molecule has 0 saturated carbocycles. The van der Waals surface area contributed by atoms with Crippen molar-refractivity contribution in [2.75, 3.05) is 6.54 Å². The number of nitrogens with zero attached hydrogens (tertiary/aromatic N) is 1. The topological polar surface area (TPSA) is 72.6 Å². The van der Waals surface area contributed by atoms with E-state index in [1.165, 1.54) is 0 Å². The molecule has 1 aromatic rings. The van der Waals surface area contributed by atoms with E-state index >= 15 is 0 Å². The molecule has 26 heavy (non-hydrogen) atoms. The van der Waals surface area contributed by atoms with Crippen LogP contribution in [0.1, 0.15) is 58.9 Å². The van der Waals surface area contributed by atoms with E-state index in [2.05, 4.69) is 12.6 Å². The van der Waals surface area contributed by atoms with E-state index in [9.17, 15) is 9.59 Å². The standard InChI is InChI=1S/C10H19NO2S.C10H13NO/c1-7-5-8(14)6-11(7)9(12)13-10(2,3)4;1-8(7-10(11)12)9-5-3-2-4-6-9/h7-8,14H,5-6H2,1-4H3;2-6,8H,7H2,1H3,(H2,11,12)/t7-,8+;/m0./s1. The highest BCUT2D eigenvalue weighted by atomic mass is 32.1. The molecule has 2 N–H and O–H groups in total. The molecule has 1 aromatic carbocycles. The number of likely N-dealkylation sites (tertiary alicyclic amines) is 1. The normalized spacial score (nSPS) is 20.8. The number of hydrogen-bond acceptors (Lipinski definition) is 4. The summed E-state index contributed by atoms with van der Waals surface area (Å²) < 4.78 is 5.29. The Hall–Kier alpha value is -1.69. The molecule has 1 saturated heterocycles. The van der Waals surface area contributed by atoms with Gasteiger partial charge in [0.2, 0.25) is 5.91 Å². The van der Waals surface area contributed by atoms with E-state index in [1.54, 1.807) is 4.90 Å². The first-order valence-corrected chi connectivity index (χ1v) is 9.52. The third kappa shape index (κ3) is 8.13. The first kappa shape index (κ1) is 22.4. The number of carbonyl (C=O) groups is 2. The highest BCUT2D eigenvalue weighted by molar-refractivity contribution is 7.81. The molecule has 6 heteroatoms. The number of benzene rings is 1. The molecule has 2 amide bonds. The summed E-state index contributed by atoms with van der Waals surface area (Å²) in [6.45, 7) is 10.4. The van der Waals surface area contributed by atoms with Crippen LogP contribution >= 0.6 is 12.6 Å². The lowest BCUT2D eigenvalue weighted by atomic mass is 9.98. The average Bonchev–Trinajstić information content (AvgIpc) is 2.85. The third-order valence-corrected chi connectivity index (χ3v) is 4.43. The van der Waals surface area contributed by atoms with E-state index in [-0.39, 0.29) is 29.2 Å². The van der Waals surface area contributed by atoms with Crippen LogP contribution in [0.5, 0.6) is 0 Å². The van der Waals surface area contributed by atoms with Gasteiger partial charge < -0.3 is 15.4 Å². The number of nitrogens with two attached hydrogens (primary N) is 1. The SMILES string of the molecule is CC(CC(N)=O)c1ccccc1.C[C@H]1C[C@@H](S)CN1C(=O)OC(C)(C)C. The third-order valence-electron chi connectivity index (χ3n) is 4.06. The maximum absolute atomic E-state index is 11.7. The smallest absolute Gasteiger partial charge is 0.410 e. The van der Waals surface area contributed by atoms with Crippen LogP contribution in [0.25, 0.3) is 0 Å². The summed E-state index contributed by atoms with van der Waals surface area (Å²) in [7, 11) is 0. The Morgan fingerprint density at radius 3 is 2.31 bits per heavy atom. The molecule has 0 aromatic heterocycles. The molecule has 5 nitrogen and oxygen atoms in total. The van der Waals surface area contributed by atoms with E-state index < -0.39 is 5.60 Å². The summed E-state index contributed by atoms with van der Waals surface area (Å²) in [5, 5.41) is 0.289. The fraction of sp³-hybridized carbons (Fsp3) is 0.600. The zero-order chi connectivity index (χ0) is 19.9. The van der Waals surface area contributed by atoms with Gasteiger partial charge in [0.15, 0.2) is 0 Å². The number of hydrogen-bond donors (Lipinski definition) is 2. The fourth-order valence-corrected chi connectivity index (χ4v) is 3.26. The van der Waals surface area contributed by atoms with Gasteiger partial charge in [0.05, 0.1) is 0 Å². The summed E-state index contributed by atoms with van der Waals surface area (Å²) in [6.07, 6.45) is 1.15. The van der Waals surface area contributed by atoms with Crippen LogP contribution in [0, 0.1) is 0 Å². The molecule has 1 heterocycles. The average molecular weight is 381 g/mol. The Labute approximate surface area is 162 Å². The number of primary amides is 1. The minimum absolute atomic E-state index is 0.221. The number of carbonyl (C=O) groups excluding carboxylic acids is 2. The van der Waals surface area contributed by atoms with Crippen molar-refractivity contribution in [3.05, 3.63) is 35.9 Å². The van der Waals surface area contributed by atoms with Crippen molar-refractivity contribution >= 4 is 24.6 Å². The van der Waals surface area contributed by atoms with Crippen molar-refractivity contribution in [1.82, 2.24) is 4.90 Å². The summed E-state index contributed by atoms with van der Waals surface area (Å²) in [5.74, 6) is -0.0185. The number of thiol groups is 1. The van der Waals surface area contributed by atoms with Gasteiger partial charge in [0, 0.05) is 24.3 Å². The Morgan fingerprint density at radius 2 is 1.88 bits per heavy atom. The fourth-order valence-electron chi connectivity index (χ4n) is 2.78. The second kappa shape index (κ2) is 9.86. The Balaban J connectivity index is 0.000000263. The van der Waals surface area contributed by atoms with Crippen molar-refractivity contribution in [2.24, 2.45) is 5.73 Å². The van der Waals surface area contributed by atoms with Gasteiger partial charge in [-0.25, -0.2) is 4.79 Å². The quantitative estimate of drug-likeness (QED) is 0.779. The lowest BCUT2D eigenvalue weighted by Crippen LogP contribution is -2.38. The van der Waals surface area contributed by atoms with Gasteiger partial charge in [0.1, 0.15) is 5.60 Å². The van der Waals surface area contributed by atoms with Gasteiger partial charge in [0.25, 0.3) is 0 Å². The molecule has 0 radical (unpaired) electrons. The minimum Gasteiger partial charge on any atom is -0.444 e. The van der Waals surface area contributed by atoms with Crippen molar-refractivity contribution in [2.45, 2.75) is 70.3 Å². The van der Waals surface area contributed by atoms with Crippen LogP contribution in [0.15, 0.2) is 30.3 Å². The van der Waals surface area contributed by atoms with Crippen LogP contribution < -0.4 is 5.73 Å². The van der Waals surface area contributed by atoms with Gasteiger partial charge in [-0.05, 0) is 45.6 Å². The molecule has 2 rings (SSSR count). The number of ether oxygens (including phenoxy) is 1. The summed E-state index contributed by atoms with van der Waals surface area (Å²) in [4.78, 5) is 24.0. The molecule has 0 bridgehead atoms. The van der Waals surface area contributed by atoms with Gasteiger partial charge >= 0.3 is 6.09 Å². The van der Waals surface area contributed by atoms with Crippen molar-refractivity contribution in [3.63, 3.8) is 0 Å². The molecule has 1 aliphatic rings. The van der Waals surface area contributed by atoms with Crippen LogP contribution in [-0.2, 0) is 9.53 Å². The molecular weight excluding hydrogens is 348 g/mol. The maximum Gasteiger partial charge on any atom is 0.410 e. The van der Waals surface area contributed by atoms with Crippen molar-refractivity contribution in [3.8, 4) is 0 Å². The Kier molecular flexibility index (Phi) is 8.47. The molecule has 0 spiro atoms. The van der Waals surface area contributed by atoms with Gasteiger partial charge in [-0.1, -0.05) is 37.3 Å². The van der Waals surface area contributed by atoms with Gasteiger partial charge in [-0.3, -0.25) is 4.79 Å². The highest BCUT2D eigenvalue weighted by Gasteiger charge is 2.33. The zero-order valence-corrected chi connectivity index (χ0v) is 17.3. The molecular formula is C20H32N2O3S. The predicted molar refractivity (Wildman–Crippen MR) is 108 cm³/mol. The summed E-state index contributed by atoms with van der Waals surface area (Å²) in [5.41, 5.74) is 5.84. The second-order valence-corrected chi connectivity index (χ2v) is 8.58. The molecule has 1 unspecified atom stereocenters. The first-order chi connectivity index (χ1) is 12.0. The van der Waals surface area contributed by atoms with Crippen molar-refractivity contribution < 1.29 is 14.3 Å². The Bertz CT molecular complexity index is 586. The summed E-state index contributed by atoms with van der Waals surface area (Å²) >= 11 is 4.37.